The number of rotatable bonds is 8. The van der Waals surface area contributed by atoms with Gasteiger partial charge in [-0.05, 0) is 38.8 Å². The van der Waals surface area contributed by atoms with Gasteiger partial charge in [-0.25, -0.2) is 4.79 Å². The molecule has 1 aliphatic rings. The third-order valence-electron chi connectivity index (χ3n) is 3.40. The highest BCUT2D eigenvalue weighted by molar-refractivity contribution is 5.80. The lowest BCUT2D eigenvalue weighted by molar-refractivity contribution is -0.149. The second kappa shape index (κ2) is 6.80. The molecule has 1 aliphatic carbocycles. The van der Waals surface area contributed by atoms with E-state index in [0.29, 0.717) is 24.1 Å². The van der Waals surface area contributed by atoms with Crippen LogP contribution in [-0.2, 0) is 9.53 Å². The summed E-state index contributed by atoms with van der Waals surface area (Å²) in [4.78, 5) is 12.0. The largest absolute Gasteiger partial charge is 0.490 e. The molecule has 1 aromatic carbocycles. The van der Waals surface area contributed by atoms with Gasteiger partial charge in [0, 0.05) is 6.04 Å². The topological polar surface area (TPSA) is 56.8 Å². The number of esters is 1. The van der Waals surface area contributed by atoms with Crippen LogP contribution in [-0.4, -0.2) is 37.9 Å². The average molecular weight is 293 g/mol. The van der Waals surface area contributed by atoms with Crippen molar-refractivity contribution in [3.63, 3.8) is 0 Å². The van der Waals surface area contributed by atoms with E-state index in [1.165, 1.54) is 7.11 Å². The molecule has 0 bridgehead atoms. The van der Waals surface area contributed by atoms with E-state index < -0.39 is 5.54 Å². The summed E-state index contributed by atoms with van der Waals surface area (Å²) in [5.74, 6) is 0.994. The first-order valence-electron chi connectivity index (χ1n) is 7.30. The maximum atomic E-state index is 12.0. The van der Waals surface area contributed by atoms with E-state index in [4.69, 9.17) is 14.2 Å². The molecule has 0 aliphatic heterocycles. The Bertz CT molecular complexity index is 487. The SMILES string of the molecule is CCOc1ccccc1OCC(C)(NC1CC1)C(=O)OC. The van der Waals surface area contributed by atoms with E-state index in [1.807, 2.05) is 31.2 Å². The van der Waals surface area contributed by atoms with Gasteiger partial charge in [-0.2, -0.15) is 0 Å². The van der Waals surface area contributed by atoms with Crippen LogP contribution in [0.15, 0.2) is 24.3 Å². The van der Waals surface area contributed by atoms with Gasteiger partial charge in [-0.3, -0.25) is 5.32 Å². The molecular formula is C16H23NO4. The second-order valence-electron chi connectivity index (χ2n) is 5.41. The summed E-state index contributed by atoms with van der Waals surface area (Å²) in [5, 5.41) is 3.30. The highest BCUT2D eigenvalue weighted by atomic mass is 16.5. The molecule has 1 N–H and O–H groups in total. The van der Waals surface area contributed by atoms with Gasteiger partial charge >= 0.3 is 5.97 Å². The lowest BCUT2D eigenvalue weighted by atomic mass is 10.0. The van der Waals surface area contributed by atoms with E-state index in [-0.39, 0.29) is 12.6 Å². The number of ether oxygens (including phenoxy) is 3. The molecule has 1 unspecified atom stereocenters. The monoisotopic (exact) mass is 293 g/mol. The molecular weight excluding hydrogens is 270 g/mol. The first-order valence-corrected chi connectivity index (χ1v) is 7.30. The number of para-hydroxylation sites is 2. The predicted octanol–water partition coefficient (Wildman–Crippen LogP) is 2.15. The summed E-state index contributed by atoms with van der Waals surface area (Å²) in [5.41, 5.74) is -0.852. The van der Waals surface area contributed by atoms with Gasteiger partial charge in [-0.1, -0.05) is 12.1 Å². The zero-order chi connectivity index (χ0) is 15.3. The molecule has 1 atom stereocenters. The third-order valence-corrected chi connectivity index (χ3v) is 3.40. The van der Waals surface area contributed by atoms with Gasteiger partial charge in [-0.15, -0.1) is 0 Å². The minimum absolute atomic E-state index is 0.195. The van der Waals surface area contributed by atoms with Crippen molar-refractivity contribution in [3.8, 4) is 11.5 Å². The van der Waals surface area contributed by atoms with Crippen molar-refractivity contribution in [2.24, 2.45) is 0 Å². The van der Waals surface area contributed by atoms with Crippen molar-refractivity contribution in [1.82, 2.24) is 5.32 Å². The molecule has 116 valence electrons. The smallest absolute Gasteiger partial charge is 0.329 e. The number of carbonyl (C=O) groups excluding carboxylic acids is 1. The minimum atomic E-state index is -0.852. The van der Waals surface area contributed by atoms with Gasteiger partial charge in [0.25, 0.3) is 0 Å². The molecule has 0 radical (unpaired) electrons. The number of hydrogen-bond acceptors (Lipinski definition) is 5. The average Bonchev–Trinajstić information content (AvgIpc) is 3.29. The molecule has 1 saturated carbocycles. The fourth-order valence-corrected chi connectivity index (χ4v) is 2.13. The molecule has 0 heterocycles. The molecule has 1 fully saturated rings. The zero-order valence-corrected chi connectivity index (χ0v) is 12.8. The Morgan fingerprint density at radius 1 is 1.29 bits per heavy atom. The number of nitrogens with one attached hydrogen (secondary N) is 1. The third kappa shape index (κ3) is 4.11. The molecule has 21 heavy (non-hydrogen) atoms. The van der Waals surface area contributed by atoms with Gasteiger partial charge in [0.15, 0.2) is 11.5 Å². The predicted molar refractivity (Wildman–Crippen MR) is 79.7 cm³/mol. The number of carbonyl (C=O) groups is 1. The van der Waals surface area contributed by atoms with Gasteiger partial charge in [0.05, 0.1) is 13.7 Å². The fourth-order valence-electron chi connectivity index (χ4n) is 2.13. The lowest BCUT2D eigenvalue weighted by Crippen LogP contribution is -2.55. The van der Waals surface area contributed by atoms with Crippen LogP contribution in [0.25, 0.3) is 0 Å². The quantitative estimate of drug-likeness (QED) is 0.744. The van der Waals surface area contributed by atoms with E-state index >= 15 is 0 Å². The van der Waals surface area contributed by atoms with E-state index in [1.54, 1.807) is 6.92 Å². The maximum absolute atomic E-state index is 12.0. The zero-order valence-electron chi connectivity index (χ0n) is 12.8. The van der Waals surface area contributed by atoms with Crippen molar-refractivity contribution in [2.75, 3.05) is 20.3 Å². The highest BCUT2D eigenvalue weighted by Crippen LogP contribution is 2.28. The van der Waals surface area contributed by atoms with Crippen molar-refractivity contribution >= 4 is 5.97 Å². The maximum Gasteiger partial charge on any atom is 0.329 e. The summed E-state index contributed by atoms with van der Waals surface area (Å²) in [7, 11) is 1.39. The van der Waals surface area contributed by atoms with Crippen LogP contribution in [0.3, 0.4) is 0 Å². The molecule has 0 spiro atoms. The molecule has 0 aromatic heterocycles. The fraction of sp³-hybridized carbons (Fsp3) is 0.562. The first-order chi connectivity index (χ1) is 10.1. The van der Waals surface area contributed by atoms with Gasteiger partial charge in [0.2, 0.25) is 0 Å². The number of hydrogen-bond donors (Lipinski definition) is 1. The van der Waals surface area contributed by atoms with E-state index in [9.17, 15) is 4.79 Å². The summed E-state index contributed by atoms with van der Waals surface area (Å²) in [6, 6.07) is 7.82. The van der Waals surface area contributed by atoms with Crippen molar-refractivity contribution in [1.29, 1.82) is 0 Å². The van der Waals surface area contributed by atoms with Crippen LogP contribution in [0.5, 0.6) is 11.5 Å². The standard InChI is InChI=1S/C16H23NO4/c1-4-20-13-7-5-6-8-14(13)21-11-16(2,15(18)19-3)17-12-9-10-12/h5-8,12,17H,4,9-11H2,1-3H3. The number of benzene rings is 1. The molecule has 0 amide bonds. The van der Waals surface area contributed by atoms with Crippen LogP contribution < -0.4 is 14.8 Å². The van der Waals surface area contributed by atoms with Gasteiger partial charge < -0.3 is 14.2 Å². The Kier molecular flexibility index (Phi) is 5.07. The Hall–Kier alpha value is -1.75. The second-order valence-corrected chi connectivity index (χ2v) is 5.41. The summed E-state index contributed by atoms with van der Waals surface area (Å²) in [6.45, 7) is 4.49. The summed E-state index contributed by atoms with van der Waals surface area (Å²) >= 11 is 0. The van der Waals surface area contributed by atoms with Crippen molar-refractivity contribution in [2.45, 2.75) is 38.3 Å². The van der Waals surface area contributed by atoms with Crippen LogP contribution >= 0.6 is 0 Å². The lowest BCUT2D eigenvalue weighted by Gasteiger charge is -2.28. The Balaban J connectivity index is 2.05. The van der Waals surface area contributed by atoms with Gasteiger partial charge in [0.1, 0.15) is 12.1 Å². The minimum Gasteiger partial charge on any atom is -0.490 e. The van der Waals surface area contributed by atoms with Crippen LogP contribution in [0.4, 0.5) is 0 Å². The number of methoxy groups -OCH3 is 1. The molecule has 0 saturated heterocycles. The Morgan fingerprint density at radius 3 is 2.43 bits per heavy atom. The first kappa shape index (κ1) is 15.6. The van der Waals surface area contributed by atoms with Crippen molar-refractivity contribution in [3.05, 3.63) is 24.3 Å². The van der Waals surface area contributed by atoms with Crippen LogP contribution in [0.2, 0.25) is 0 Å². The summed E-state index contributed by atoms with van der Waals surface area (Å²) < 4.78 is 16.2. The van der Waals surface area contributed by atoms with E-state index in [2.05, 4.69) is 5.32 Å². The van der Waals surface area contributed by atoms with Crippen LogP contribution in [0, 0.1) is 0 Å². The molecule has 5 heteroatoms. The Morgan fingerprint density at radius 2 is 1.90 bits per heavy atom. The van der Waals surface area contributed by atoms with Crippen molar-refractivity contribution < 1.29 is 19.0 Å². The van der Waals surface area contributed by atoms with Crippen LogP contribution in [0.1, 0.15) is 26.7 Å². The highest BCUT2D eigenvalue weighted by Gasteiger charge is 2.40. The Labute approximate surface area is 125 Å². The molecule has 2 rings (SSSR count). The normalized spacial score (nSPS) is 16.9. The summed E-state index contributed by atoms with van der Waals surface area (Å²) in [6.07, 6.45) is 2.17. The molecule has 5 nitrogen and oxygen atoms in total. The van der Waals surface area contributed by atoms with E-state index in [0.717, 1.165) is 12.8 Å². The molecule has 1 aromatic rings.